The molecule has 0 radical (unpaired) electrons. The highest BCUT2D eigenvalue weighted by Crippen LogP contribution is 2.21. The first-order chi connectivity index (χ1) is 18.4. The summed E-state index contributed by atoms with van der Waals surface area (Å²) in [5.74, 6) is -2.39. The number of aromatic nitrogens is 1. The summed E-state index contributed by atoms with van der Waals surface area (Å²) in [7, 11) is 0. The highest BCUT2D eigenvalue weighted by molar-refractivity contribution is 6.03. The standard InChI is InChI=1S/C30H40N2O6/c1-2-3-4-5-6-7-8-9-10-11-12-13-21-38-27-19-17-26(32-25(27)18-20-28(33)34)29(35)31-24-16-14-15-23(22-24)30(36)37/h14-20,22H,2-13,21H2,1H3,(H,31,35)(H,33,34)(H,36,37)/b20-18+. The van der Waals surface area contributed by atoms with Gasteiger partial charge in [-0.25, -0.2) is 14.6 Å². The second-order valence-corrected chi connectivity index (χ2v) is 9.33. The van der Waals surface area contributed by atoms with Crippen molar-refractivity contribution in [3.8, 4) is 5.75 Å². The van der Waals surface area contributed by atoms with Crippen LogP contribution in [0.15, 0.2) is 42.5 Å². The number of carboxylic acid groups (broad SMARTS) is 2. The van der Waals surface area contributed by atoms with E-state index >= 15 is 0 Å². The number of aromatic carboxylic acids is 1. The van der Waals surface area contributed by atoms with E-state index in [-0.39, 0.29) is 17.0 Å². The van der Waals surface area contributed by atoms with Gasteiger partial charge < -0.3 is 20.3 Å². The molecule has 1 aromatic carbocycles. The van der Waals surface area contributed by atoms with Crippen molar-refractivity contribution >= 4 is 29.6 Å². The molecular formula is C30H40N2O6. The third-order valence-corrected chi connectivity index (χ3v) is 6.13. The van der Waals surface area contributed by atoms with Crippen LogP contribution >= 0.6 is 0 Å². The SMILES string of the molecule is CCCCCCCCCCCCCCOc1ccc(C(=O)Nc2cccc(C(=O)O)c2)nc1/C=C/C(=O)O. The van der Waals surface area contributed by atoms with Gasteiger partial charge in [-0.05, 0) is 42.8 Å². The fourth-order valence-electron chi connectivity index (χ4n) is 4.03. The number of pyridine rings is 1. The third kappa shape index (κ3) is 12.0. The first-order valence-electron chi connectivity index (χ1n) is 13.6. The number of rotatable bonds is 19. The molecule has 0 saturated carbocycles. The monoisotopic (exact) mass is 524 g/mol. The molecule has 2 aromatic rings. The number of anilines is 1. The fraction of sp³-hybridized carbons (Fsp3) is 0.467. The third-order valence-electron chi connectivity index (χ3n) is 6.13. The second kappa shape index (κ2) is 17.7. The first-order valence-corrected chi connectivity index (χ1v) is 13.6. The van der Waals surface area contributed by atoms with E-state index in [4.69, 9.17) is 14.9 Å². The Hall–Kier alpha value is -3.68. The molecule has 3 N–H and O–H groups in total. The molecule has 1 heterocycles. The Balaban J connectivity index is 1.82. The molecule has 1 aromatic heterocycles. The zero-order valence-electron chi connectivity index (χ0n) is 22.3. The number of amides is 1. The van der Waals surface area contributed by atoms with Crippen LogP contribution in [0.5, 0.6) is 5.75 Å². The normalized spacial score (nSPS) is 11.0. The molecule has 0 aliphatic rings. The minimum atomic E-state index is -1.14. The van der Waals surface area contributed by atoms with Crippen LogP contribution in [0.4, 0.5) is 5.69 Å². The van der Waals surface area contributed by atoms with Crippen molar-refractivity contribution in [3.63, 3.8) is 0 Å². The minimum absolute atomic E-state index is 0.0439. The van der Waals surface area contributed by atoms with Gasteiger partial charge in [0.05, 0.1) is 12.2 Å². The number of nitrogens with one attached hydrogen (secondary N) is 1. The van der Waals surface area contributed by atoms with Crippen LogP contribution in [0.1, 0.15) is 111 Å². The summed E-state index contributed by atoms with van der Waals surface area (Å²) in [6.45, 7) is 2.71. The summed E-state index contributed by atoms with van der Waals surface area (Å²) in [6, 6.07) is 8.96. The molecule has 0 saturated heterocycles. The quantitative estimate of drug-likeness (QED) is 0.131. The van der Waals surface area contributed by atoms with Crippen molar-refractivity contribution in [1.82, 2.24) is 4.98 Å². The van der Waals surface area contributed by atoms with Gasteiger partial charge in [-0.2, -0.15) is 0 Å². The van der Waals surface area contributed by atoms with Crippen LogP contribution in [-0.4, -0.2) is 39.6 Å². The highest BCUT2D eigenvalue weighted by Gasteiger charge is 2.13. The van der Waals surface area contributed by atoms with E-state index in [2.05, 4.69) is 17.2 Å². The molecule has 0 unspecified atom stereocenters. The lowest BCUT2D eigenvalue weighted by Gasteiger charge is -2.11. The van der Waals surface area contributed by atoms with Gasteiger partial charge in [0, 0.05) is 11.8 Å². The van der Waals surface area contributed by atoms with Gasteiger partial charge in [0.2, 0.25) is 0 Å². The lowest BCUT2D eigenvalue weighted by molar-refractivity contribution is -0.131. The van der Waals surface area contributed by atoms with Crippen molar-refractivity contribution in [2.45, 2.75) is 84.0 Å². The average molecular weight is 525 g/mol. The van der Waals surface area contributed by atoms with Crippen molar-refractivity contribution in [1.29, 1.82) is 0 Å². The summed E-state index contributed by atoms with van der Waals surface area (Å²) in [5, 5.41) is 20.8. The van der Waals surface area contributed by atoms with E-state index < -0.39 is 17.8 Å². The van der Waals surface area contributed by atoms with E-state index in [9.17, 15) is 14.4 Å². The molecule has 1 amide bonds. The van der Waals surface area contributed by atoms with E-state index in [1.54, 1.807) is 12.1 Å². The average Bonchev–Trinajstić information content (AvgIpc) is 2.90. The Kier molecular flexibility index (Phi) is 14.2. The van der Waals surface area contributed by atoms with Gasteiger partial charge in [0.15, 0.2) is 0 Å². The summed E-state index contributed by atoms with van der Waals surface area (Å²) in [5.41, 5.74) is 0.640. The molecule has 8 nitrogen and oxygen atoms in total. The van der Waals surface area contributed by atoms with Crippen molar-refractivity contribution < 1.29 is 29.3 Å². The van der Waals surface area contributed by atoms with Crippen LogP contribution in [0.3, 0.4) is 0 Å². The molecule has 0 bridgehead atoms. The molecule has 0 aliphatic heterocycles. The van der Waals surface area contributed by atoms with E-state index in [0.29, 0.717) is 18.0 Å². The van der Waals surface area contributed by atoms with Gasteiger partial charge in [0.25, 0.3) is 5.91 Å². The number of carboxylic acids is 2. The van der Waals surface area contributed by atoms with Crippen LogP contribution in [-0.2, 0) is 4.79 Å². The largest absolute Gasteiger partial charge is 0.491 e. The van der Waals surface area contributed by atoms with Gasteiger partial charge in [-0.1, -0.05) is 83.6 Å². The number of unbranched alkanes of at least 4 members (excludes halogenated alkanes) is 11. The van der Waals surface area contributed by atoms with Crippen LogP contribution < -0.4 is 10.1 Å². The molecule has 0 spiro atoms. The summed E-state index contributed by atoms with van der Waals surface area (Å²) >= 11 is 0. The minimum Gasteiger partial charge on any atom is -0.491 e. The smallest absolute Gasteiger partial charge is 0.335 e. The molecule has 38 heavy (non-hydrogen) atoms. The molecule has 0 aliphatic carbocycles. The van der Waals surface area contributed by atoms with Crippen LogP contribution in [0.2, 0.25) is 0 Å². The Morgan fingerprint density at radius 3 is 2.11 bits per heavy atom. The number of nitrogens with zero attached hydrogens (tertiary/aromatic N) is 1. The maximum absolute atomic E-state index is 12.7. The lowest BCUT2D eigenvalue weighted by Crippen LogP contribution is -2.15. The maximum atomic E-state index is 12.7. The Labute approximate surface area is 225 Å². The maximum Gasteiger partial charge on any atom is 0.335 e. The lowest BCUT2D eigenvalue weighted by atomic mass is 10.1. The number of benzene rings is 1. The molecule has 0 atom stereocenters. The molecule has 8 heteroatoms. The zero-order valence-corrected chi connectivity index (χ0v) is 22.3. The predicted octanol–water partition coefficient (Wildman–Crippen LogP) is 7.21. The summed E-state index contributed by atoms with van der Waals surface area (Å²) < 4.78 is 5.85. The Bertz CT molecular complexity index is 1070. The molecular weight excluding hydrogens is 484 g/mol. The molecule has 0 fully saturated rings. The Morgan fingerprint density at radius 2 is 1.50 bits per heavy atom. The predicted molar refractivity (Wildman–Crippen MR) is 149 cm³/mol. The first kappa shape index (κ1) is 30.5. The van der Waals surface area contributed by atoms with Gasteiger partial charge >= 0.3 is 11.9 Å². The Morgan fingerprint density at radius 1 is 0.868 bits per heavy atom. The van der Waals surface area contributed by atoms with Crippen LogP contribution in [0.25, 0.3) is 6.08 Å². The van der Waals surface area contributed by atoms with E-state index in [1.807, 2.05) is 0 Å². The van der Waals surface area contributed by atoms with Crippen molar-refractivity contribution in [2.75, 3.05) is 11.9 Å². The number of ether oxygens (including phenoxy) is 1. The van der Waals surface area contributed by atoms with Crippen LogP contribution in [0, 0.1) is 0 Å². The molecule has 2 rings (SSSR count). The molecule has 206 valence electrons. The second-order valence-electron chi connectivity index (χ2n) is 9.33. The van der Waals surface area contributed by atoms with Gasteiger partial charge in [0.1, 0.15) is 17.1 Å². The number of carbonyl (C=O) groups is 3. The van der Waals surface area contributed by atoms with E-state index in [1.165, 1.54) is 88.1 Å². The summed E-state index contributed by atoms with van der Waals surface area (Å²) in [6.07, 6.45) is 17.2. The number of hydrogen-bond acceptors (Lipinski definition) is 5. The highest BCUT2D eigenvalue weighted by atomic mass is 16.5. The topological polar surface area (TPSA) is 126 Å². The van der Waals surface area contributed by atoms with Gasteiger partial charge in [-0.15, -0.1) is 0 Å². The van der Waals surface area contributed by atoms with Crippen molar-refractivity contribution in [3.05, 3.63) is 59.4 Å². The van der Waals surface area contributed by atoms with Crippen molar-refractivity contribution in [2.24, 2.45) is 0 Å². The zero-order chi connectivity index (χ0) is 27.6. The number of aliphatic carboxylic acids is 1. The number of carbonyl (C=O) groups excluding carboxylic acids is 1. The summed E-state index contributed by atoms with van der Waals surface area (Å²) in [4.78, 5) is 39.1. The fourth-order valence-corrected chi connectivity index (χ4v) is 4.03. The van der Waals surface area contributed by atoms with E-state index in [0.717, 1.165) is 25.3 Å². The van der Waals surface area contributed by atoms with Gasteiger partial charge in [-0.3, -0.25) is 4.79 Å². The number of hydrogen-bond donors (Lipinski definition) is 3.